The zero-order valence-corrected chi connectivity index (χ0v) is 11.1. The molecule has 0 spiro atoms. The Balaban J connectivity index is 2.19. The van der Waals surface area contributed by atoms with Crippen molar-refractivity contribution in [2.75, 3.05) is 23.3 Å². The summed E-state index contributed by atoms with van der Waals surface area (Å²) in [5, 5.41) is 3.07. The molecule has 0 amide bonds. The lowest BCUT2D eigenvalue weighted by atomic mass is 10.3. The average Bonchev–Trinajstić information content (AvgIpc) is 2.41. The van der Waals surface area contributed by atoms with Crippen molar-refractivity contribution < 1.29 is 4.39 Å². The molecule has 1 aromatic heterocycles. The molecule has 2 rings (SSSR count). The van der Waals surface area contributed by atoms with Crippen LogP contribution in [-0.4, -0.2) is 23.1 Å². The highest BCUT2D eigenvalue weighted by Crippen LogP contribution is 2.18. The number of halogens is 1. The van der Waals surface area contributed by atoms with Gasteiger partial charge in [0.05, 0.1) is 0 Å². The normalized spacial score (nSPS) is 10.3. The summed E-state index contributed by atoms with van der Waals surface area (Å²) in [5.41, 5.74) is 0.671. The summed E-state index contributed by atoms with van der Waals surface area (Å²) >= 11 is 0. The Labute approximate surface area is 112 Å². The lowest BCUT2D eigenvalue weighted by Gasteiger charge is -2.19. The molecule has 0 unspecified atom stereocenters. The number of rotatable bonds is 5. The smallest absolute Gasteiger partial charge is 0.135 e. The zero-order valence-electron chi connectivity index (χ0n) is 11.1. The summed E-state index contributed by atoms with van der Waals surface area (Å²) in [6.45, 7) is 5.91. The Kier molecular flexibility index (Phi) is 4.28. The van der Waals surface area contributed by atoms with E-state index < -0.39 is 0 Å². The van der Waals surface area contributed by atoms with Crippen LogP contribution >= 0.6 is 0 Å². The maximum absolute atomic E-state index is 13.1. The predicted octanol–water partition coefficient (Wildman–Crippen LogP) is 3.21. The van der Waals surface area contributed by atoms with E-state index in [9.17, 15) is 4.39 Å². The molecular formula is C14H17FN4. The molecule has 0 aliphatic heterocycles. The molecule has 0 saturated carbocycles. The first-order valence-corrected chi connectivity index (χ1v) is 6.32. The molecule has 0 radical (unpaired) electrons. The van der Waals surface area contributed by atoms with Crippen molar-refractivity contribution in [1.82, 2.24) is 9.97 Å². The molecule has 2 aromatic rings. The molecule has 4 nitrogen and oxygen atoms in total. The highest BCUT2D eigenvalue weighted by atomic mass is 19.1. The molecule has 1 N–H and O–H groups in total. The van der Waals surface area contributed by atoms with Gasteiger partial charge in [0.1, 0.15) is 23.8 Å². The highest BCUT2D eigenvalue weighted by molar-refractivity contribution is 5.59. The second kappa shape index (κ2) is 6.13. The van der Waals surface area contributed by atoms with Crippen molar-refractivity contribution in [2.24, 2.45) is 0 Å². The van der Waals surface area contributed by atoms with Gasteiger partial charge >= 0.3 is 0 Å². The largest absolute Gasteiger partial charge is 0.357 e. The molecule has 0 fully saturated rings. The van der Waals surface area contributed by atoms with Crippen molar-refractivity contribution in [2.45, 2.75) is 13.8 Å². The van der Waals surface area contributed by atoms with Crippen molar-refractivity contribution >= 4 is 17.3 Å². The quantitative estimate of drug-likeness (QED) is 0.896. The van der Waals surface area contributed by atoms with Gasteiger partial charge in [-0.05, 0) is 32.0 Å². The standard InChI is InChI=1S/C14H17FN4/c1-3-19(4-2)14-9-13(16-10-17-14)18-12-7-5-6-11(15)8-12/h5-10H,3-4H2,1-2H3,(H,16,17,18). The molecule has 19 heavy (non-hydrogen) atoms. The Hall–Kier alpha value is -2.17. The molecule has 100 valence electrons. The van der Waals surface area contributed by atoms with E-state index in [4.69, 9.17) is 0 Å². The maximum Gasteiger partial charge on any atom is 0.135 e. The second-order valence-corrected chi connectivity index (χ2v) is 4.07. The maximum atomic E-state index is 13.1. The van der Waals surface area contributed by atoms with Crippen molar-refractivity contribution in [3.05, 3.63) is 42.5 Å². The molecule has 0 atom stereocenters. The third-order valence-corrected chi connectivity index (χ3v) is 2.84. The Bertz CT molecular complexity index is 540. The first-order chi connectivity index (χ1) is 9.22. The fourth-order valence-electron chi connectivity index (χ4n) is 1.85. The molecule has 5 heteroatoms. The number of benzene rings is 1. The molecule has 1 aromatic carbocycles. The van der Waals surface area contributed by atoms with E-state index >= 15 is 0 Å². The van der Waals surface area contributed by atoms with Crippen molar-refractivity contribution in [3.63, 3.8) is 0 Å². The number of hydrogen-bond acceptors (Lipinski definition) is 4. The zero-order chi connectivity index (χ0) is 13.7. The van der Waals surface area contributed by atoms with E-state index in [0.29, 0.717) is 11.5 Å². The van der Waals surface area contributed by atoms with Gasteiger partial charge in [0, 0.05) is 24.8 Å². The van der Waals surface area contributed by atoms with E-state index in [2.05, 4.69) is 34.0 Å². The summed E-state index contributed by atoms with van der Waals surface area (Å²) in [6.07, 6.45) is 1.51. The summed E-state index contributed by atoms with van der Waals surface area (Å²) in [5.74, 6) is 1.24. The number of hydrogen-bond donors (Lipinski definition) is 1. The SMILES string of the molecule is CCN(CC)c1cc(Nc2cccc(F)c2)ncn1. The minimum absolute atomic E-state index is 0.275. The van der Waals surface area contributed by atoms with Gasteiger partial charge in [-0.15, -0.1) is 0 Å². The van der Waals surface area contributed by atoms with Crippen LogP contribution in [0.2, 0.25) is 0 Å². The number of anilines is 3. The van der Waals surface area contributed by atoms with Crippen LogP contribution in [0.5, 0.6) is 0 Å². The third-order valence-electron chi connectivity index (χ3n) is 2.84. The first-order valence-electron chi connectivity index (χ1n) is 6.32. The molecule has 0 bridgehead atoms. The van der Waals surface area contributed by atoms with Crippen LogP contribution in [0, 0.1) is 5.82 Å². The van der Waals surface area contributed by atoms with Crippen LogP contribution in [0.3, 0.4) is 0 Å². The molecule has 0 aliphatic carbocycles. The van der Waals surface area contributed by atoms with E-state index in [1.54, 1.807) is 12.1 Å². The van der Waals surface area contributed by atoms with E-state index in [1.165, 1.54) is 18.5 Å². The van der Waals surface area contributed by atoms with Crippen molar-refractivity contribution in [3.8, 4) is 0 Å². The van der Waals surface area contributed by atoms with Crippen molar-refractivity contribution in [1.29, 1.82) is 0 Å². The fraction of sp³-hybridized carbons (Fsp3) is 0.286. The number of aromatic nitrogens is 2. The average molecular weight is 260 g/mol. The molecule has 1 heterocycles. The number of nitrogens with one attached hydrogen (secondary N) is 1. The Morgan fingerprint density at radius 2 is 1.95 bits per heavy atom. The van der Waals surface area contributed by atoms with E-state index in [1.807, 2.05) is 6.07 Å². The second-order valence-electron chi connectivity index (χ2n) is 4.07. The Morgan fingerprint density at radius 3 is 2.63 bits per heavy atom. The molecule has 0 aliphatic rings. The minimum Gasteiger partial charge on any atom is -0.357 e. The van der Waals surface area contributed by atoms with E-state index in [0.717, 1.165) is 18.9 Å². The van der Waals surface area contributed by atoms with Crippen LogP contribution in [0.1, 0.15) is 13.8 Å². The van der Waals surface area contributed by atoms with Gasteiger partial charge in [-0.1, -0.05) is 6.07 Å². The summed E-state index contributed by atoms with van der Waals surface area (Å²) < 4.78 is 13.1. The van der Waals surface area contributed by atoms with E-state index in [-0.39, 0.29) is 5.82 Å². The van der Waals surface area contributed by atoms with Gasteiger partial charge in [0.2, 0.25) is 0 Å². The predicted molar refractivity (Wildman–Crippen MR) is 75.3 cm³/mol. The van der Waals surface area contributed by atoms with Gasteiger partial charge < -0.3 is 10.2 Å². The highest BCUT2D eigenvalue weighted by Gasteiger charge is 2.05. The first kappa shape index (κ1) is 13.3. The van der Waals surface area contributed by atoms with Crippen LogP contribution in [0.25, 0.3) is 0 Å². The van der Waals surface area contributed by atoms with Crippen LogP contribution in [0.4, 0.5) is 21.7 Å². The summed E-state index contributed by atoms with van der Waals surface area (Å²) in [7, 11) is 0. The summed E-state index contributed by atoms with van der Waals surface area (Å²) in [4.78, 5) is 10.5. The van der Waals surface area contributed by atoms with Crippen LogP contribution in [-0.2, 0) is 0 Å². The molecular weight excluding hydrogens is 243 g/mol. The topological polar surface area (TPSA) is 41.0 Å². The van der Waals surface area contributed by atoms with Gasteiger partial charge in [-0.2, -0.15) is 0 Å². The number of nitrogens with zero attached hydrogens (tertiary/aromatic N) is 3. The third kappa shape index (κ3) is 3.40. The van der Waals surface area contributed by atoms with Crippen LogP contribution < -0.4 is 10.2 Å². The minimum atomic E-state index is -0.275. The van der Waals surface area contributed by atoms with Gasteiger partial charge in [0.25, 0.3) is 0 Å². The lowest BCUT2D eigenvalue weighted by molar-refractivity contribution is 0.628. The van der Waals surface area contributed by atoms with Gasteiger partial charge in [-0.25, -0.2) is 14.4 Å². The van der Waals surface area contributed by atoms with Crippen LogP contribution in [0.15, 0.2) is 36.7 Å². The Morgan fingerprint density at radius 1 is 1.16 bits per heavy atom. The fourth-order valence-corrected chi connectivity index (χ4v) is 1.85. The monoisotopic (exact) mass is 260 g/mol. The lowest BCUT2D eigenvalue weighted by Crippen LogP contribution is -2.23. The summed E-state index contributed by atoms with van der Waals surface area (Å²) in [6, 6.07) is 8.15. The van der Waals surface area contributed by atoms with Gasteiger partial charge in [0.15, 0.2) is 0 Å². The van der Waals surface area contributed by atoms with Gasteiger partial charge in [-0.3, -0.25) is 0 Å². The molecule has 0 saturated heterocycles.